The lowest BCUT2D eigenvalue weighted by atomic mass is 10.1. The van der Waals surface area contributed by atoms with E-state index in [4.69, 9.17) is 25.8 Å². The lowest BCUT2D eigenvalue weighted by molar-refractivity contribution is 0.315. The normalized spacial score (nSPS) is 10.6. The summed E-state index contributed by atoms with van der Waals surface area (Å²) in [7, 11) is 3.31. The number of aryl methyl sites for hydroxylation is 1. The molecule has 0 spiro atoms. The van der Waals surface area contributed by atoms with Gasteiger partial charge in [0, 0.05) is 24.7 Å². The summed E-state index contributed by atoms with van der Waals surface area (Å²) in [5.41, 5.74) is 3.26. The van der Waals surface area contributed by atoms with E-state index in [1.807, 2.05) is 31.2 Å². The Balaban J connectivity index is 2.00. The predicted octanol–water partition coefficient (Wildman–Crippen LogP) is 4.74. The van der Waals surface area contributed by atoms with Crippen LogP contribution in [0.15, 0.2) is 30.3 Å². The second-order valence-electron chi connectivity index (χ2n) is 5.85. The summed E-state index contributed by atoms with van der Waals surface area (Å²) in [6, 6.07) is 9.88. The fourth-order valence-corrected chi connectivity index (χ4v) is 2.97. The molecule has 0 unspecified atom stereocenters. The van der Waals surface area contributed by atoms with Crippen LogP contribution in [-0.2, 0) is 13.1 Å². The Kier molecular flexibility index (Phi) is 7.41. The van der Waals surface area contributed by atoms with E-state index in [0.717, 1.165) is 40.4 Å². The molecule has 136 valence electrons. The molecule has 25 heavy (non-hydrogen) atoms. The third kappa shape index (κ3) is 5.28. The summed E-state index contributed by atoms with van der Waals surface area (Å²) in [6.45, 7) is 6.18. The van der Waals surface area contributed by atoms with Gasteiger partial charge in [-0.3, -0.25) is 0 Å². The van der Waals surface area contributed by atoms with Crippen LogP contribution in [0.5, 0.6) is 17.2 Å². The summed E-state index contributed by atoms with van der Waals surface area (Å²) in [4.78, 5) is 0. The number of benzene rings is 2. The summed E-state index contributed by atoms with van der Waals surface area (Å²) in [5, 5.41) is 4.09. The molecule has 0 aliphatic carbocycles. The highest BCUT2D eigenvalue weighted by Crippen LogP contribution is 2.30. The average molecular weight is 364 g/mol. The number of halogens is 1. The predicted molar refractivity (Wildman–Crippen MR) is 102 cm³/mol. The molecule has 0 fully saturated rings. The largest absolute Gasteiger partial charge is 0.497 e. The summed E-state index contributed by atoms with van der Waals surface area (Å²) in [6.07, 6.45) is 0.961. The maximum Gasteiger partial charge on any atom is 0.140 e. The smallest absolute Gasteiger partial charge is 0.140 e. The van der Waals surface area contributed by atoms with Crippen molar-refractivity contribution >= 4 is 11.6 Å². The fraction of sp³-hybridized carbons (Fsp3) is 0.400. The summed E-state index contributed by atoms with van der Waals surface area (Å²) in [5.74, 6) is 2.37. The SMILES string of the molecule is CCCOc1c(C)cc(CNCc2ccc(OC)cc2OC)cc1Cl. The monoisotopic (exact) mass is 363 g/mol. The van der Waals surface area contributed by atoms with Crippen LogP contribution >= 0.6 is 11.6 Å². The van der Waals surface area contributed by atoms with Crippen molar-refractivity contribution in [2.24, 2.45) is 0 Å². The second-order valence-corrected chi connectivity index (χ2v) is 6.26. The molecule has 4 nitrogen and oxygen atoms in total. The highest BCUT2D eigenvalue weighted by molar-refractivity contribution is 6.32. The van der Waals surface area contributed by atoms with E-state index in [0.29, 0.717) is 24.7 Å². The minimum atomic E-state index is 0.660. The van der Waals surface area contributed by atoms with E-state index < -0.39 is 0 Å². The van der Waals surface area contributed by atoms with Gasteiger partial charge in [-0.2, -0.15) is 0 Å². The van der Waals surface area contributed by atoms with Gasteiger partial charge in [0.25, 0.3) is 0 Å². The van der Waals surface area contributed by atoms with Gasteiger partial charge in [0.15, 0.2) is 0 Å². The molecular weight excluding hydrogens is 338 g/mol. The topological polar surface area (TPSA) is 39.7 Å². The van der Waals surface area contributed by atoms with Crippen molar-refractivity contribution in [2.75, 3.05) is 20.8 Å². The van der Waals surface area contributed by atoms with Crippen molar-refractivity contribution in [2.45, 2.75) is 33.4 Å². The average Bonchev–Trinajstić information content (AvgIpc) is 2.61. The van der Waals surface area contributed by atoms with E-state index in [2.05, 4.69) is 18.3 Å². The first-order valence-electron chi connectivity index (χ1n) is 8.42. The van der Waals surface area contributed by atoms with Gasteiger partial charge in [0.2, 0.25) is 0 Å². The van der Waals surface area contributed by atoms with Crippen molar-refractivity contribution in [3.63, 3.8) is 0 Å². The maximum absolute atomic E-state index is 6.36. The minimum Gasteiger partial charge on any atom is -0.497 e. The molecule has 0 heterocycles. The third-order valence-corrected chi connectivity index (χ3v) is 4.16. The Hall–Kier alpha value is -1.91. The fourth-order valence-electron chi connectivity index (χ4n) is 2.63. The van der Waals surface area contributed by atoms with Crippen LogP contribution < -0.4 is 19.5 Å². The Morgan fingerprint density at radius 1 is 1.04 bits per heavy atom. The molecule has 0 saturated carbocycles. The zero-order valence-corrected chi connectivity index (χ0v) is 16.1. The number of ether oxygens (including phenoxy) is 3. The van der Waals surface area contributed by atoms with E-state index >= 15 is 0 Å². The summed E-state index contributed by atoms with van der Waals surface area (Å²) < 4.78 is 16.4. The van der Waals surface area contributed by atoms with Gasteiger partial charge in [-0.15, -0.1) is 0 Å². The van der Waals surface area contributed by atoms with Crippen molar-refractivity contribution in [3.8, 4) is 17.2 Å². The molecule has 2 rings (SSSR count). The molecule has 5 heteroatoms. The number of hydrogen-bond donors (Lipinski definition) is 1. The zero-order valence-electron chi connectivity index (χ0n) is 15.3. The van der Waals surface area contributed by atoms with Crippen LogP contribution in [0.3, 0.4) is 0 Å². The Morgan fingerprint density at radius 3 is 2.48 bits per heavy atom. The third-order valence-electron chi connectivity index (χ3n) is 3.88. The molecule has 0 aromatic heterocycles. The highest BCUT2D eigenvalue weighted by Gasteiger charge is 2.09. The van der Waals surface area contributed by atoms with Gasteiger partial charge in [-0.1, -0.05) is 30.7 Å². The zero-order chi connectivity index (χ0) is 18.2. The molecule has 0 radical (unpaired) electrons. The molecule has 1 N–H and O–H groups in total. The Morgan fingerprint density at radius 2 is 1.84 bits per heavy atom. The van der Waals surface area contributed by atoms with E-state index in [-0.39, 0.29) is 0 Å². The van der Waals surface area contributed by atoms with E-state index in [1.54, 1.807) is 14.2 Å². The first kappa shape index (κ1) is 19.4. The molecule has 0 amide bonds. The first-order valence-corrected chi connectivity index (χ1v) is 8.80. The Labute approximate surface area is 155 Å². The van der Waals surface area contributed by atoms with Crippen LogP contribution in [0.4, 0.5) is 0 Å². The standard InChI is InChI=1S/C20H26ClNO3/c1-5-8-25-20-14(2)9-15(10-18(20)21)12-22-13-16-6-7-17(23-3)11-19(16)24-4/h6-7,9-11,22H,5,8,12-13H2,1-4H3. The molecule has 0 atom stereocenters. The Bertz CT molecular complexity index is 680. The molecule has 2 aromatic carbocycles. The van der Waals surface area contributed by atoms with Crippen LogP contribution in [0.25, 0.3) is 0 Å². The van der Waals surface area contributed by atoms with Gasteiger partial charge in [0.05, 0.1) is 25.8 Å². The lowest BCUT2D eigenvalue weighted by Gasteiger charge is -2.14. The number of nitrogens with one attached hydrogen (secondary N) is 1. The number of hydrogen-bond acceptors (Lipinski definition) is 4. The van der Waals surface area contributed by atoms with Crippen LogP contribution in [0.2, 0.25) is 5.02 Å². The lowest BCUT2D eigenvalue weighted by Crippen LogP contribution is -2.13. The van der Waals surface area contributed by atoms with Crippen LogP contribution in [-0.4, -0.2) is 20.8 Å². The van der Waals surface area contributed by atoms with Gasteiger partial charge >= 0.3 is 0 Å². The van der Waals surface area contributed by atoms with Crippen LogP contribution in [0, 0.1) is 6.92 Å². The van der Waals surface area contributed by atoms with E-state index in [9.17, 15) is 0 Å². The van der Waals surface area contributed by atoms with Crippen molar-refractivity contribution in [3.05, 3.63) is 52.0 Å². The molecule has 0 aliphatic rings. The number of rotatable bonds is 9. The van der Waals surface area contributed by atoms with Gasteiger partial charge in [-0.05, 0) is 36.6 Å². The first-order chi connectivity index (χ1) is 12.1. The number of methoxy groups -OCH3 is 2. The van der Waals surface area contributed by atoms with E-state index in [1.165, 1.54) is 0 Å². The van der Waals surface area contributed by atoms with Crippen LogP contribution in [0.1, 0.15) is 30.0 Å². The van der Waals surface area contributed by atoms with Crippen molar-refractivity contribution in [1.82, 2.24) is 5.32 Å². The molecule has 0 aliphatic heterocycles. The quantitative estimate of drug-likeness (QED) is 0.698. The molecule has 2 aromatic rings. The van der Waals surface area contributed by atoms with Gasteiger partial charge in [0.1, 0.15) is 17.2 Å². The molecule has 0 saturated heterocycles. The molecular formula is C20H26ClNO3. The highest BCUT2D eigenvalue weighted by atomic mass is 35.5. The van der Waals surface area contributed by atoms with Gasteiger partial charge in [-0.25, -0.2) is 0 Å². The van der Waals surface area contributed by atoms with Crippen molar-refractivity contribution < 1.29 is 14.2 Å². The maximum atomic E-state index is 6.36. The van der Waals surface area contributed by atoms with Gasteiger partial charge < -0.3 is 19.5 Å². The van der Waals surface area contributed by atoms with Crippen molar-refractivity contribution in [1.29, 1.82) is 0 Å². The minimum absolute atomic E-state index is 0.660. The molecule has 0 bridgehead atoms. The summed E-state index contributed by atoms with van der Waals surface area (Å²) >= 11 is 6.36. The second kappa shape index (κ2) is 9.54.